The van der Waals surface area contributed by atoms with Crippen molar-refractivity contribution in [1.29, 1.82) is 0 Å². The van der Waals surface area contributed by atoms with Gasteiger partial charge >= 0.3 is 0 Å². The molecule has 152 valence electrons. The van der Waals surface area contributed by atoms with E-state index in [4.69, 9.17) is 28.3 Å². The molecule has 0 saturated heterocycles. The van der Waals surface area contributed by atoms with Gasteiger partial charge in [0.05, 0.1) is 6.54 Å². The highest BCUT2D eigenvalue weighted by molar-refractivity contribution is 6.35. The summed E-state index contributed by atoms with van der Waals surface area (Å²) in [5, 5.41) is 13.9. The van der Waals surface area contributed by atoms with Gasteiger partial charge in [0.25, 0.3) is 0 Å². The van der Waals surface area contributed by atoms with Crippen LogP contribution in [-0.2, 0) is 19.6 Å². The van der Waals surface area contributed by atoms with E-state index in [0.29, 0.717) is 29.7 Å². The van der Waals surface area contributed by atoms with Crippen LogP contribution in [0.2, 0.25) is 10.0 Å². The number of nitrogens with one attached hydrogen (secondary N) is 1. The lowest BCUT2D eigenvalue weighted by Gasteiger charge is -2.05. The standard InChI is InChI=1S/C23H19Cl2FN4/c24-19-9-8-18(21(25)12-19)15-30-28-22(23(29-30)17-4-2-1-3-5-17)14-27-13-16-6-10-20(26)11-7-16/h1-12,27H,13-15H2. The fourth-order valence-corrected chi connectivity index (χ4v) is 3.59. The minimum atomic E-state index is -0.242. The fourth-order valence-electron chi connectivity index (χ4n) is 3.12. The summed E-state index contributed by atoms with van der Waals surface area (Å²) in [5.74, 6) is -0.242. The van der Waals surface area contributed by atoms with Gasteiger partial charge < -0.3 is 5.32 Å². The van der Waals surface area contributed by atoms with Crippen molar-refractivity contribution in [2.75, 3.05) is 0 Å². The smallest absolute Gasteiger partial charge is 0.123 e. The van der Waals surface area contributed by atoms with Crippen LogP contribution in [0.4, 0.5) is 4.39 Å². The maximum atomic E-state index is 13.1. The lowest BCUT2D eigenvalue weighted by molar-refractivity contribution is 0.576. The largest absolute Gasteiger partial charge is 0.307 e. The molecule has 0 aliphatic rings. The van der Waals surface area contributed by atoms with Gasteiger partial charge in [-0.3, -0.25) is 0 Å². The number of hydrogen-bond donors (Lipinski definition) is 1. The van der Waals surface area contributed by atoms with Gasteiger partial charge in [0.15, 0.2) is 0 Å². The minimum absolute atomic E-state index is 0.242. The van der Waals surface area contributed by atoms with Gasteiger partial charge in [0.1, 0.15) is 17.2 Å². The lowest BCUT2D eigenvalue weighted by atomic mass is 10.1. The van der Waals surface area contributed by atoms with Crippen molar-refractivity contribution in [2.45, 2.75) is 19.6 Å². The topological polar surface area (TPSA) is 42.7 Å². The Balaban J connectivity index is 1.55. The van der Waals surface area contributed by atoms with Crippen molar-refractivity contribution in [2.24, 2.45) is 0 Å². The number of hydrogen-bond acceptors (Lipinski definition) is 3. The van der Waals surface area contributed by atoms with Gasteiger partial charge in [0.2, 0.25) is 0 Å². The zero-order valence-electron chi connectivity index (χ0n) is 16.0. The average Bonchev–Trinajstić information content (AvgIpc) is 3.15. The first-order valence-corrected chi connectivity index (χ1v) is 10.2. The third-order valence-electron chi connectivity index (χ3n) is 4.63. The molecule has 3 aromatic carbocycles. The lowest BCUT2D eigenvalue weighted by Crippen LogP contribution is -2.14. The summed E-state index contributed by atoms with van der Waals surface area (Å²) in [7, 11) is 0. The summed E-state index contributed by atoms with van der Waals surface area (Å²) in [5.41, 5.74) is 4.52. The van der Waals surface area contributed by atoms with Gasteiger partial charge in [-0.25, -0.2) is 4.39 Å². The summed E-state index contributed by atoms with van der Waals surface area (Å²) < 4.78 is 13.1. The van der Waals surface area contributed by atoms with Crippen molar-refractivity contribution in [3.8, 4) is 11.3 Å². The van der Waals surface area contributed by atoms with E-state index >= 15 is 0 Å². The second-order valence-electron chi connectivity index (χ2n) is 6.86. The molecule has 0 radical (unpaired) electrons. The molecule has 0 fully saturated rings. The Morgan fingerprint density at radius 2 is 1.63 bits per heavy atom. The first-order chi connectivity index (χ1) is 14.6. The molecule has 4 nitrogen and oxygen atoms in total. The van der Waals surface area contributed by atoms with Crippen LogP contribution >= 0.6 is 23.2 Å². The summed E-state index contributed by atoms with van der Waals surface area (Å²) in [6, 6.07) is 21.8. The van der Waals surface area contributed by atoms with Crippen LogP contribution in [0.3, 0.4) is 0 Å². The van der Waals surface area contributed by atoms with Crippen molar-refractivity contribution in [1.82, 2.24) is 20.3 Å². The molecule has 0 aliphatic heterocycles. The summed E-state index contributed by atoms with van der Waals surface area (Å²) in [6.07, 6.45) is 0. The zero-order chi connectivity index (χ0) is 20.9. The minimum Gasteiger partial charge on any atom is -0.307 e. The second-order valence-corrected chi connectivity index (χ2v) is 7.70. The highest BCUT2D eigenvalue weighted by atomic mass is 35.5. The van der Waals surface area contributed by atoms with Gasteiger partial charge in [-0.2, -0.15) is 15.0 Å². The molecule has 1 aromatic heterocycles. The fraction of sp³-hybridized carbons (Fsp3) is 0.130. The Kier molecular flexibility index (Phi) is 6.43. The molecule has 0 amide bonds. The molecule has 4 rings (SSSR count). The van der Waals surface area contributed by atoms with Crippen LogP contribution in [0.5, 0.6) is 0 Å². The molecule has 4 aromatic rings. The second kappa shape index (κ2) is 9.39. The van der Waals surface area contributed by atoms with E-state index in [-0.39, 0.29) is 5.82 Å². The predicted octanol–water partition coefficient (Wildman–Crippen LogP) is 5.73. The van der Waals surface area contributed by atoms with Crippen LogP contribution in [0.1, 0.15) is 16.8 Å². The zero-order valence-corrected chi connectivity index (χ0v) is 17.5. The molecular formula is C23H19Cl2FN4. The maximum Gasteiger partial charge on any atom is 0.123 e. The molecule has 0 bridgehead atoms. The Morgan fingerprint density at radius 1 is 0.867 bits per heavy atom. The van der Waals surface area contributed by atoms with Crippen molar-refractivity contribution in [3.63, 3.8) is 0 Å². The Hall–Kier alpha value is -2.73. The number of rotatable bonds is 7. The number of aromatic nitrogens is 3. The molecular weight excluding hydrogens is 422 g/mol. The van der Waals surface area contributed by atoms with Gasteiger partial charge in [-0.1, -0.05) is 71.7 Å². The molecule has 0 aliphatic carbocycles. The number of nitrogens with zero attached hydrogens (tertiary/aromatic N) is 3. The van der Waals surface area contributed by atoms with E-state index in [2.05, 4.69) is 10.4 Å². The molecule has 0 atom stereocenters. The monoisotopic (exact) mass is 440 g/mol. The Morgan fingerprint density at radius 3 is 2.37 bits per heavy atom. The maximum absolute atomic E-state index is 13.1. The summed E-state index contributed by atoms with van der Waals surface area (Å²) in [6.45, 7) is 1.56. The van der Waals surface area contributed by atoms with Crippen molar-refractivity contribution in [3.05, 3.63) is 105 Å². The SMILES string of the molecule is Fc1ccc(CNCc2nn(Cc3ccc(Cl)cc3Cl)nc2-c2ccccc2)cc1. The van der Waals surface area contributed by atoms with Crippen LogP contribution in [0, 0.1) is 5.82 Å². The summed E-state index contributed by atoms with van der Waals surface area (Å²) in [4.78, 5) is 1.65. The van der Waals surface area contributed by atoms with Crippen molar-refractivity contribution < 1.29 is 4.39 Å². The third kappa shape index (κ3) is 5.05. The van der Waals surface area contributed by atoms with Crippen LogP contribution in [-0.4, -0.2) is 15.0 Å². The van der Waals surface area contributed by atoms with E-state index in [1.165, 1.54) is 12.1 Å². The molecule has 0 spiro atoms. The number of halogens is 3. The van der Waals surface area contributed by atoms with E-state index < -0.39 is 0 Å². The van der Waals surface area contributed by atoms with E-state index in [1.807, 2.05) is 36.4 Å². The van der Waals surface area contributed by atoms with E-state index in [9.17, 15) is 4.39 Å². The molecule has 0 saturated carbocycles. The van der Waals surface area contributed by atoms with E-state index in [0.717, 1.165) is 28.1 Å². The molecule has 30 heavy (non-hydrogen) atoms. The average molecular weight is 441 g/mol. The van der Waals surface area contributed by atoms with Gasteiger partial charge in [-0.15, -0.1) is 0 Å². The Labute approximate surface area is 184 Å². The van der Waals surface area contributed by atoms with Gasteiger partial charge in [-0.05, 0) is 35.4 Å². The Bertz CT molecular complexity index is 1130. The van der Waals surface area contributed by atoms with Crippen molar-refractivity contribution >= 4 is 23.2 Å². The van der Waals surface area contributed by atoms with Gasteiger partial charge in [0, 0.05) is 28.7 Å². The predicted molar refractivity (Wildman–Crippen MR) is 118 cm³/mol. The quantitative estimate of drug-likeness (QED) is 0.399. The molecule has 0 unspecified atom stereocenters. The van der Waals surface area contributed by atoms with Crippen LogP contribution < -0.4 is 5.32 Å². The van der Waals surface area contributed by atoms with Crippen LogP contribution in [0.15, 0.2) is 72.8 Å². The highest BCUT2D eigenvalue weighted by Gasteiger charge is 2.14. The first-order valence-electron chi connectivity index (χ1n) is 9.47. The number of benzene rings is 3. The summed E-state index contributed by atoms with van der Waals surface area (Å²) >= 11 is 12.3. The molecule has 1 heterocycles. The first kappa shape index (κ1) is 20.5. The highest BCUT2D eigenvalue weighted by Crippen LogP contribution is 2.24. The third-order valence-corrected chi connectivity index (χ3v) is 5.22. The van der Waals surface area contributed by atoms with E-state index in [1.54, 1.807) is 29.1 Å². The van der Waals surface area contributed by atoms with Crippen LogP contribution in [0.25, 0.3) is 11.3 Å². The molecule has 1 N–H and O–H groups in total. The normalized spacial score (nSPS) is 11.0. The molecule has 7 heteroatoms.